The summed E-state index contributed by atoms with van der Waals surface area (Å²) < 4.78 is 6.87. The maximum atomic E-state index is 11.4. The fourth-order valence-corrected chi connectivity index (χ4v) is 1.75. The minimum absolute atomic E-state index is 0. The van der Waals surface area contributed by atoms with Gasteiger partial charge in [0.1, 0.15) is 0 Å². The summed E-state index contributed by atoms with van der Waals surface area (Å²) in [6, 6.07) is 3.66. The number of cyclic esters (lactones) is 1. The second kappa shape index (κ2) is 6.23. The molecule has 2 amide bonds. The van der Waals surface area contributed by atoms with Gasteiger partial charge in [0.15, 0.2) is 0 Å². The molecule has 0 bridgehead atoms. The maximum Gasteiger partial charge on any atom is 1.00 e. The molecule has 1 atom stereocenters. The number of hydrogen-bond donors (Lipinski definition) is 1. The summed E-state index contributed by atoms with van der Waals surface area (Å²) in [7, 11) is 0. The molecule has 1 aromatic rings. The molecule has 1 aliphatic rings. The van der Waals surface area contributed by atoms with Crippen molar-refractivity contribution in [3.63, 3.8) is 0 Å². The van der Waals surface area contributed by atoms with Gasteiger partial charge in [0.2, 0.25) is 6.10 Å². The van der Waals surface area contributed by atoms with E-state index in [9.17, 15) is 9.59 Å². The van der Waals surface area contributed by atoms with Gasteiger partial charge in [-0.1, -0.05) is 13.3 Å². The molecule has 88 valence electrons. The summed E-state index contributed by atoms with van der Waals surface area (Å²) in [6.07, 6.45) is 2.54. The van der Waals surface area contributed by atoms with E-state index in [1.807, 2.05) is 16.8 Å². The number of carbonyl (C=O) groups is 2. The Kier molecular flexibility index (Phi) is 5.24. The number of amides is 2. The van der Waals surface area contributed by atoms with Gasteiger partial charge in [-0.25, -0.2) is 4.79 Å². The normalized spacial score (nSPS) is 18.5. The van der Waals surface area contributed by atoms with Gasteiger partial charge in [-0.15, -0.1) is 0 Å². The first-order valence-corrected chi connectivity index (χ1v) is 5.39. The van der Waals surface area contributed by atoms with E-state index in [1.165, 1.54) is 0 Å². The first-order valence-electron chi connectivity index (χ1n) is 5.39. The summed E-state index contributed by atoms with van der Waals surface area (Å²) in [4.78, 5) is 22.4. The van der Waals surface area contributed by atoms with Crippen LogP contribution in [0.3, 0.4) is 0 Å². The summed E-state index contributed by atoms with van der Waals surface area (Å²) in [6.45, 7) is 2.94. The number of unbranched alkanes of at least 4 members (excludes halogenated alkanes) is 1. The Morgan fingerprint density at radius 3 is 2.88 bits per heavy atom. The van der Waals surface area contributed by atoms with E-state index in [-0.39, 0.29) is 36.9 Å². The fourth-order valence-electron chi connectivity index (χ4n) is 1.75. The largest absolute Gasteiger partial charge is 1.00 e. The van der Waals surface area contributed by atoms with Crippen LogP contribution in [0.1, 0.15) is 33.0 Å². The van der Waals surface area contributed by atoms with Crippen LogP contribution >= 0.6 is 0 Å². The smallest absolute Gasteiger partial charge is 1.00 e. The van der Waals surface area contributed by atoms with Crippen LogP contribution in [0, 0.1) is 0 Å². The Hall–Kier alpha value is -0.780. The van der Waals surface area contributed by atoms with Crippen molar-refractivity contribution in [1.29, 1.82) is 0 Å². The first kappa shape index (κ1) is 14.3. The third kappa shape index (κ3) is 3.12. The average molecular weight is 246 g/mol. The van der Waals surface area contributed by atoms with Gasteiger partial charge in [0, 0.05) is 12.7 Å². The Morgan fingerprint density at radius 2 is 2.29 bits per heavy atom. The predicted molar refractivity (Wildman–Crippen MR) is 57.8 cm³/mol. The van der Waals surface area contributed by atoms with Crippen LogP contribution in [0.15, 0.2) is 18.3 Å². The molecule has 2 rings (SSSR count). The van der Waals surface area contributed by atoms with Crippen molar-refractivity contribution in [2.24, 2.45) is 0 Å². The minimum atomic E-state index is -0.792. The first-order chi connectivity index (χ1) is 7.72. The van der Waals surface area contributed by atoms with Crippen molar-refractivity contribution >= 4 is 12.0 Å². The molecule has 2 heterocycles. The molecule has 0 saturated carbocycles. The van der Waals surface area contributed by atoms with Crippen molar-refractivity contribution in [1.82, 2.24) is 9.88 Å². The summed E-state index contributed by atoms with van der Waals surface area (Å²) in [5.74, 6) is -0.388. The zero-order chi connectivity index (χ0) is 11.5. The van der Waals surface area contributed by atoms with Crippen LogP contribution in [0.5, 0.6) is 0 Å². The summed E-state index contributed by atoms with van der Waals surface area (Å²) in [5, 5.41) is 2.13. The van der Waals surface area contributed by atoms with Crippen molar-refractivity contribution in [2.45, 2.75) is 32.4 Å². The molecule has 1 aromatic heterocycles. The molecular formula is C11H15N2NaO3. The number of nitrogens with one attached hydrogen (secondary N) is 1. The Balaban J connectivity index is 0.00000144. The van der Waals surface area contributed by atoms with Crippen LogP contribution in [-0.2, 0) is 16.1 Å². The molecule has 6 heteroatoms. The summed E-state index contributed by atoms with van der Waals surface area (Å²) in [5.41, 5.74) is 0.733. The van der Waals surface area contributed by atoms with Gasteiger partial charge in [-0.2, -0.15) is 0 Å². The van der Waals surface area contributed by atoms with Gasteiger partial charge >= 0.3 is 35.7 Å². The van der Waals surface area contributed by atoms with Gasteiger partial charge < -0.3 is 10.7 Å². The number of alkyl carbamates (subject to hydrolysis) is 1. The van der Waals surface area contributed by atoms with E-state index in [4.69, 9.17) is 4.74 Å². The maximum absolute atomic E-state index is 11.4. The van der Waals surface area contributed by atoms with Gasteiger partial charge in [0.25, 0.3) is 5.91 Å². The fraction of sp³-hybridized carbons (Fsp3) is 0.455. The van der Waals surface area contributed by atoms with E-state index >= 15 is 0 Å². The zero-order valence-electron chi connectivity index (χ0n) is 11.1. The van der Waals surface area contributed by atoms with Crippen molar-refractivity contribution < 1.29 is 45.3 Å². The second-order valence-corrected chi connectivity index (χ2v) is 3.75. The molecule has 1 unspecified atom stereocenters. The third-order valence-corrected chi connectivity index (χ3v) is 2.57. The molecule has 0 radical (unpaired) electrons. The third-order valence-electron chi connectivity index (χ3n) is 2.57. The van der Waals surface area contributed by atoms with E-state index in [1.54, 1.807) is 6.07 Å². The van der Waals surface area contributed by atoms with E-state index in [0.29, 0.717) is 0 Å². The molecule has 5 nitrogen and oxygen atoms in total. The molecular weight excluding hydrogens is 231 g/mol. The minimum Gasteiger partial charge on any atom is -1.00 e. The Bertz CT molecular complexity index is 422. The molecule has 0 aliphatic carbocycles. The average Bonchev–Trinajstić information content (AvgIpc) is 2.81. The van der Waals surface area contributed by atoms with Crippen LogP contribution in [0.25, 0.3) is 0 Å². The molecule has 17 heavy (non-hydrogen) atoms. The SMILES string of the molecule is CCCCn1cccc1C1OC(=O)NC1=O.[H-].[Na+]. The van der Waals surface area contributed by atoms with Crippen LogP contribution in [0.2, 0.25) is 0 Å². The van der Waals surface area contributed by atoms with Crippen molar-refractivity contribution in [3.8, 4) is 0 Å². The molecule has 0 aromatic carbocycles. The van der Waals surface area contributed by atoms with Gasteiger partial charge in [0.05, 0.1) is 5.69 Å². The van der Waals surface area contributed by atoms with Crippen LogP contribution < -0.4 is 34.9 Å². The topological polar surface area (TPSA) is 60.3 Å². The molecule has 0 spiro atoms. The number of imide groups is 1. The monoisotopic (exact) mass is 246 g/mol. The quantitative estimate of drug-likeness (QED) is 0.673. The predicted octanol–water partition coefficient (Wildman–Crippen LogP) is -1.29. The van der Waals surface area contributed by atoms with E-state index in [2.05, 4.69) is 12.2 Å². The number of carbonyl (C=O) groups excluding carboxylic acids is 2. The molecule has 1 saturated heterocycles. The molecule has 1 N–H and O–H groups in total. The zero-order valence-corrected chi connectivity index (χ0v) is 12.1. The number of aryl methyl sites for hydroxylation is 1. The number of nitrogens with zero attached hydrogens (tertiary/aromatic N) is 1. The van der Waals surface area contributed by atoms with Crippen molar-refractivity contribution in [2.75, 3.05) is 0 Å². The van der Waals surface area contributed by atoms with Gasteiger partial charge in [-0.3, -0.25) is 10.1 Å². The number of rotatable bonds is 4. The van der Waals surface area contributed by atoms with Crippen LogP contribution in [0.4, 0.5) is 4.79 Å². The second-order valence-electron chi connectivity index (χ2n) is 3.75. The number of hydrogen-bond acceptors (Lipinski definition) is 3. The standard InChI is InChI=1S/C11H14N2O3.Na.H/c1-2-3-6-13-7-4-5-8(13)9-10(14)12-11(15)16-9;;/h4-5,7,9H,2-3,6H2,1H3,(H,12,14,15);;/q;+1;-1. The van der Waals surface area contributed by atoms with Gasteiger partial charge in [-0.05, 0) is 18.6 Å². The van der Waals surface area contributed by atoms with Crippen molar-refractivity contribution in [3.05, 3.63) is 24.0 Å². The molecule has 1 fully saturated rings. The molecule has 1 aliphatic heterocycles. The number of ether oxygens (including phenoxy) is 1. The summed E-state index contributed by atoms with van der Waals surface area (Å²) >= 11 is 0. The Labute approximate surface area is 123 Å². The van der Waals surface area contributed by atoms with E-state index in [0.717, 1.165) is 25.1 Å². The van der Waals surface area contributed by atoms with E-state index < -0.39 is 12.2 Å². The van der Waals surface area contributed by atoms with Crippen LogP contribution in [-0.4, -0.2) is 16.6 Å². The Morgan fingerprint density at radius 1 is 1.53 bits per heavy atom. The number of aromatic nitrogens is 1.